The number of carbonyl (C=O) groups is 1. The van der Waals surface area contributed by atoms with E-state index >= 15 is 0 Å². The largest absolute Gasteiger partial charge is 0.298 e. The fourth-order valence-electron chi connectivity index (χ4n) is 4.59. The van der Waals surface area contributed by atoms with Crippen LogP contribution in [0.25, 0.3) is 11.0 Å². The number of hydrogen-bond acceptors (Lipinski definition) is 8. The molecule has 11 heteroatoms. The highest BCUT2D eigenvalue weighted by Crippen LogP contribution is 2.43. The summed E-state index contributed by atoms with van der Waals surface area (Å²) < 4.78 is 1.85. The van der Waals surface area contributed by atoms with Crippen molar-refractivity contribution in [2.75, 3.05) is 0 Å². The molecule has 1 aromatic carbocycles. The van der Waals surface area contributed by atoms with E-state index in [-0.39, 0.29) is 29.4 Å². The van der Waals surface area contributed by atoms with Crippen LogP contribution >= 0.6 is 0 Å². The third-order valence-corrected chi connectivity index (χ3v) is 5.97. The van der Waals surface area contributed by atoms with Crippen molar-refractivity contribution in [3.8, 4) is 0 Å². The van der Waals surface area contributed by atoms with E-state index in [0.717, 1.165) is 31.7 Å². The Morgan fingerprint density at radius 1 is 1.07 bits per heavy atom. The number of aromatic nitrogens is 4. The Kier molecular flexibility index (Phi) is 4.05. The first kappa shape index (κ1) is 18.3. The Labute approximate surface area is 169 Å². The van der Waals surface area contributed by atoms with Gasteiger partial charge in [0.15, 0.2) is 11.4 Å². The van der Waals surface area contributed by atoms with Crippen molar-refractivity contribution in [3.63, 3.8) is 0 Å². The lowest BCUT2D eigenvalue weighted by Crippen LogP contribution is -2.10. The monoisotopic (exact) mass is 408 g/mol. The minimum atomic E-state index is -0.926. The van der Waals surface area contributed by atoms with Gasteiger partial charge in [-0.2, -0.15) is 5.10 Å². The molecule has 11 nitrogen and oxygen atoms in total. The van der Waals surface area contributed by atoms with Gasteiger partial charge in [-0.05, 0) is 18.4 Å². The molecular formula is C19H16N6O5. The Balaban J connectivity index is 1.69. The number of rotatable bonds is 4. The predicted octanol–water partition coefficient (Wildman–Crippen LogP) is 3.01. The summed E-state index contributed by atoms with van der Waals surface area (Å²) in [5, 5.41) is 27.9. The molecule has 5 rings (SSSR count). The van der Waals surface area contributed by atoms with Crippen molar-refractivity contribution < 1.29 is 14.6 Å². The second-order valence-electron chi connectivity index (χ2n) is 7.67. The van der Waals surface area contributed by atoms with Gasteiger partial charge in [0, 0.05) is 24.2 Å². The van der Waals surface area contributed by atoms with Gasteiger partial charge in [-0.15, -0.1) is 0 Å². The molecule has 0 aliphatic heterocycles. The summed E-state index contributed by atoms with van der Waals surface area (Å²) in [5.74, 6) is -1.22. The number of non-ortho nitro benzene ring substituents is 1. The van der Waals surface area contributed by atoms with Crippen LogP contribution < -0.4 is 0 Å². The number of nitro benzene ring substituents is 2. The number of hydrogen-bond donors (Lipinski definition) is 0. The number of fused-ring (bicyclic) bond motifs is 2. The maximum absolute atomic E-state index is 12.9. The van der Waals surface area contributed by atoms with Gasteiger partial charge < -0.3 is 0 Å². The lowest BCUT2D eigenvalue weighted by molar-refractivity contribution is -0.394. The first-order chi connectivity index (χ1) is 14.4. The van der Waals surface area contributed by atoms with Crippen LogP contribution in [0.5, 0.6) is 0 Å². The third kappa shape index (κ3) is 2.73. The lowest BCUT2D eigenvalue weighted by Gasteiger charge is -2.10. The summed E-state index contributed by atoms with van der Waals surface area (Å²) in [6, 6.07) is 2.41. The molecule has 0 saturated heterocycles. The number of carbonyl (C=O) groups excluding carboxylic acids is 1. The highest BCUT2D eigenvalue weighted by atomic mass is 16.6. The number of nitro groups is 2. The first-order valence-electron chi connectivity index (χ1n) is 9.62. The first-order valence-corrected chi connectivity index (χ1v) is 9.62. The van der Waals surface area contributed by atoms with Crippen LogP contribution in [0.4, 0.5) is 11.4 Å². The molecule has 0 spiro atoms. The molecule has 2 aliphatic rings. The smallest absolute Gasteiger partial charge is 0.280 e. The minimum absolute atomic E-state index is 0.170. The highest BCUT2D eigenvalue weighted by Gasteiger charge is 2.40. The number of Topliss-reactive ketones (excluding diaryl/α,β-unsaturated/α-hetero) is 1. The van der Waals surface area contributed by atoms with Crippen molar-refractivity contribution >= 4 is 28.2 Å². The van der Waals surface area contributed by atoms with Crippen molar-refractivity contribution in [3.05, 3.63) is 61.7 Å². The minimum Gasteiger partial charge on any atom is -0.298 e. The normalized spacial score (nSPS) is 18.8. The Morgan fingerprint density at radius 3 is 2.53 bits per heavy atom. The van der Waals surface area contributed by atoms with E-state index in [1.165, 1.54) is 12.4 Å². The molecule has 0 N–H and O–H groups in total. The van der Waals surface area contributed by atoms with Crippen LogP contribution in [-0.2, 0) is 11.2 Å². The van der Waals surface area contributed by atoms with Gasteiger partial charge in [0.25, 0.3) is 11.4 Å². The summed E-state index contributed by atoms with van der Waals surface area (Å²) in [4.78, 5) is 42.8. The van der Waals surface area contributed by atoms with E-state index in [9.17, 15) is 25.0 Å². The molecule has 1 saturated carbocycles. The molecule has 2 aromatic heterocycles. The third-order valence-electron chi connectivity index (χ3n) is 5.97. The van der Waals surface area contributed by atoms with E-state index in [0.29, 0.717) is 16.7 Å². The second kappa shape index (κ2) is 6.65. The van der Waals surface area contributed by atoms with Crippen LogP contribution in [0.15, 0.2) is 24.7 Å². The molecule has 0 amide bonds. The maximum atomic E-state index is 12.9. The van der Waals surface area contributed by atoms with Crippen molar-refractivity contribution in [1.29, 1.82) is 0 Å². The van der Waals surface area contributed by atoms with Crippen molar-refractivity contribution in [2.45, 2.75) is 44.1 Å². The summed E-state index contributed by atoms with van der Waals surface area (Å²) in [6.45, 7) is 0. The van der Waals surface area contributed by atoms with Crippen LogP contribution in [-0.4, -0.2) is 35.4 Å². The highest BCUT2D eigenvalue weighted by molar-refractivity contribution is 5.99. The number of benzene rings is 1. The Bertz CT molecular complexity index is 1230. The summed E-state index contributed by atoms with van der Waals surface area (Å²) in [7, 11) is 0. The zero-order valence-electron chi connectivity index (χ0n) is 15.7. The van der Waals surface area contributed by atoms with E-state index in [1.807, 2.05) is 10.9 Å². The molecule has 1 unspecified atom stereocenters. The van der Waals surface area contributed by atoms with Gasteiger partial charge >= 0.3 is 0 Å². The zero-order chi connectivity index (χ0) is 21.0. The van der Waals surface area contributed by atoms with E-state index in [2.05, 4.69) is 15.1 Å². The SMILES string of the molecule is O=C1Cc2c(cc([N+](=O)[O-])cc2[N+](=O)[O-])C1c1ncnc2nn(C3CCCC3)cc12. The molecule has 1 atom stereocenters. The molecule has 1 fully saturated rings. The van der Waals surface area contributed by atoms with E-state index in [1.54, 1.807) is 0 Å². The molecular weight excluding hydrogens is 392 g/mol. The van der Waals surface area contributed by atoms with Crippen LogP contribution in [0.1, 0.15) is 54.5 Å². The predicted molar refractivity (Wildman–Crippen MR) is 103 cm³/mol. The fourth-order valence-corrected chi connectivity index (χ4v) is 4.59. The molecule has 0 bridgehead atoms. The maximum Gasteiger partial charge on any atom is 0.280 e. The van der Waals surface area contributed by atoms with Gasteiger partial charge in [0.05, 0.1) is 39.0 Å². The van der Waals surface area contributed by atoms with Crippen molar-refractivity contribution in [2.24, 2.45) is 0 Å². The van der Waals surface area contributed by atoms with Gasteiger partial charge in [-0.3, -0.25) is 29.7 Å². The average Bonchev–Trinajstić information content (AvgIpc) is 3.44. The standard InChI is InChI=1S/C19H16N6O5/c26-16-7-12-13(5-11(24(27)28)6-15(12)25(29)30)17(16)18-14-8-23(10-3-1-2-4-10)22-19(14)21-9-20-18/h5-6,8-10,17H,1-4,7H2. The Morgan fingerprint density at radius 2 is 1.83 bits per heavy atom. The van der Waals surface area contributed by atoms with Crippen LogP contribution in [0.3, 0.4) is 0 Å². The molecule has 152 valence electrons. The molecule has 2 aliphatic carbocycles. The van der Waals surface area contributed by atoms with E-state index in [4.69, 9.17) is 0 Å². The lowest BCUT2D eigenvalue weighted by atomic mass is 9.94. The van der Waals surface area contributed by atoms with Gasteiger partial charge in [0.1, 0.15) is 6.33 Å². The van der Waals surface area contributed by atoms with Gasteiger partial charge in [-0.1, -0.05) is 12.8 Å². The zero-order valence-corrected chi connectivity index (χ0v) is 15.7. The number of nitrogens with zero attached hydrogens (tertiary/aromatic N) is 6. The second-order valence-corrected chi connectivity index (χ2v) is 7.67. The average molecular weight is 408 g/mol. The molecule has 2 heterocycles. The molecule has 30 heavy (non-hydrogen) atoms. The summed E-state index contributed by atoms with van der Waals surface area (Å²) in [6.07, 6.45) is 7.23. The van der Waals surface area contributed by atoms with Crippen LogP contribution in [0.2, 0.25) is 0 Å². The van der Waals surface area contributed by atoms with E-state index < -0.39 is 27.1 Å². The van der Waals surface area contributed by atoms with Crippen molar-refractivity contribution in [1.82, 2.24) is 19.7 Å². The van der Waals surface area contributed by atoms with Crippen LogP contribution in [0, 0.1) is 20.2 Å². The topological polar surface area (TPSA) is 147 Å². The fraction of sp³-hybridized carbons (Fsp3) is 0.368. The summed E-state index contributed by atoms with van der Waals surface area (Å²) >= 11 is 0. The molecule has 0 radical (unpaired) electrons. The van der Waals surface area contributed by atoms with Gasteiger partial charge in [-0.25, -0.2) is 9.97 Å². The Hall–Kier alpha value is -3.76. The van der Waals surface area contributed by atoms with Gasteiger partial charge in [0.2, 0.25) is 0 Å². The molecule has 3 aromatic rings. The number of ketones is 1. The summed E-state index contributed by atoms with van der Waals surface area (Å²) in [5.41, 5.74) is 0.440. The quantitative estimate of drug-likeness (QED) is 0.473.